The number of hydrogen-bond donors (Lipinski definition) is 1. The number of carbonyl (C=O) groups is 2. The maximum absolute atomic E-state index is 12.1. The second-order valence-electron chi connectivity index (χ2n) is 4.47. The number of nitrogens with zero attached hydrogens (tertiary/aromatic N) is 1. The lowest BCUT2D eigenvalue weighted by atomic mass is 9.92. The van der Waals surface area contributed by atoms with Crippen molar-refractivity contribution in [3.63, 3.8) is 0 Å². The first kappa shape index (κ1) is 15.9. The van der Waals surface area contributed by atoms with Crippen molar-refractivity contribution >= 4 is 11.9 Å². The standard InChI is InChI=1S/C12H24N2O3/c1-6-12(13,7-2)11(16)14(4)8-9(3)10(15)17-5/h9H,6-8,13H2,1-5H3. The Balaban J connectivity index is 4.56. The first-order chi connectivity index (χ1) is 7.82. The first-order valence-corrected chi connectivity index (χ1v) is 5.94. The number of methoxy groups -OCH3 is 1. The van der Waals surface area contributed by atoms with E-state index in [9.17, 15) is 9.59 Å². The fourth-order valence-electron chi connectivity index (χ4n) is 1.70. The van der Waals surface area contributed by atoms with Gasteiger partial charge in [0.2, 0.25) is 5.91 Å². The summed E-state index contributed by atoms with van der Waals surface area (Å²) in [5, 5.41) is 0. The molecule has 0 fully saturated rings. The zero-order chi connectivity index (χ0) is 13.6. The van der Waals surface area contributed by atoms with E-state index in [1.807, 2.05) is 13.8 Å². The number of hydrogen-bond acceptors (Lipinski definition) is 4. The number of ether oxygens (including phenoxy) is 1. The van der Waals surface area contributed by atoms with Gasteiger partial charge in [0.25, 0.3) is 0 Å². The molecule has 0 saturated carbocycles. The number of carbonyl (C=O) groups excluding carboxylic acids is 2. The summed E-state index contributed by atoms with van der Waals surface area (Å²) in [4.78, 5) is 24.9. The van der Waals surface area contributed by atoms with Crippen LogP contribution in [0, 0.1) is 5.92 Å². The Morgan fingerprint density at radius 1 is 1.35 bits per heavy atom. The Kier molecular flexibility index (Phi) is 6.16. The summed E-state index contributed by atoms with van der Waals surface area (Å²) in [5.74, 6) is -0.787. The van der Waals surface area contributed by atoms with Crippen LogP contribution in [0.4, 0.5) is 0 Å². The Labute approximate surface area is 103 Å². The number of likely N-dealkylation sites (N-methyl/N-ethyl adjacent to an activating group) is 1. The number of nitrogens with two attached hydrogens (primary N) is 1. The molecule has 5 heteroatoms. The van der Waals surface area contributed by atoms with Crippen molar-refractivity contribution in [2.75, 3.05) is 20.7 Å². The molecule has 0 saturated heterocycles. The van der Waals surface area contributed by atoms with Gasteiger partial charge in [-0.25, -0.2) is 0 Å². The Hall–Kier alpha value is -1.10. The maximum atomic E-state index is 12.1. The van der Waals surface area contributed by atoms with E-state index < -0.39 is 5.54 Å². The number of amides is 1. The van der Waals surface area contributed by atoms with Crippen molar-refractivity contribution in [2.45, 2.75) is 39.2 Å². The maximum Gasteiger partial charge on any atom is 0.310 e. The summed E-state index contributed by atoms with van der Waals surface area (Å²) < 4.78 is 4.62. The van der Waals surface area contributed by atoms with Gasteiger partial charge in [-0.15, -0.1) is 0 Å². The highest BCUT2D eigenvalue weighted by Gasteiger charge is 2.33. The van der Waals surface area contributed by atoms with Crippen LogP contribution in [-0.4, -0.2) is 43.0 Å². The lowest BCUT2D eigenvalue weighted by molar-refractivity contribution is -0.146. The molecule has 1 amide bonds. The third-order valence-electron chi connectivity index (χ3n) is 3.19. The third kappa shape index (κ3) is 4.00. The minimum Gasteiger partial charge on any atom is -0.469 e. The van der Waals surface area contributed by atoms with Crippen molar-refractivity contribution in [1.82, 2.24) is 4.90 Å². The third-order valence-corrected chi connectivity index (χ3v) is 3.19. The molecule has 2 N–H and O–H groups in total. The summed E-state index contributed by atoms with van der Waals surface area (Å²) >= 11 is 0. The summed E-state index contributed by atoms with van der Waals surface area (Å²) in [6.45, 7) is 5.83. The minimum absolute atomic E-state index is 0.127. The zero-order valence-corrected chi connectivity index (χ0v) is 11.4. The van der Waals surface area contributed by atoms with Crippen LogP contribution in [0.2, 0.25) is 0 Å². The fourth-order valence-corrected chi connectivity index (χ4v) is 1.70. The molecule has 17 heavy (non-hydrogen) atoms. The van der Waals surface area contributed by atoms with Crippen LogP contribution in [0.3, 0.4) is 0 Å². The summed E-state index contributed by atoms with van der Waals surface area (Å²) in [5.41, 5.74) is 5.19. The highest BCUT2D eigenvalue weighted by atomic mass is 16.5. The molecule has 0 spiro atoms. The summed E-state index contributed by atoms with van der Waals surface area (Å²) in [6, 6.07) is 0. The van der Waals surface area contributed by atoms with Gasteiger partial charge in [0, 0.05) is 13.6 Å². The van der Waals surface area contributed by atoms with Gasteiger partial charge < -0.3 is 15.4 Å². The van der Waals surface area contributed by atoms with Crippen LogP contribution in [0.5, 0.6) is 0 Å². The number of esters is 1. The van der Waals surface area contributed by atoms with Crippen LogP contribution in [-0.2, 0) is 14.3 Å². The van der Waals surface area contributed by atoms with Gasteiger partial charge in [0.05, 0.1) is 18.6 Å². The molecule has 100 valence electrons. The Morgan fingerprint density at radius 3 is 2.18 bits per heavy atom. The molecule has 0 aromatic heterocycles. The molecule has 0 aliphatic rings. The largest absolute Gasteiger partial charge is 0.469 e. The molecule has 0 heterocycles. The summed E-state index contributed by atoms with van der Waals surface area (Å²) in [6.07, 6.45) is 1.17. The van der Waals surface area contributed by atoms with Crippen molar-refractivity contribution < 1.29 is 14.3 Å². The molecular formula is C12H24N2O3. The number of rotatable bonds is 6. The summed E-state index contributed by atoms with van der Waals surface area (Å²) in [7, 11) is 3.00. The van der Waals surface area contributed by atoms with E-state index in [-0.39, 0.29) is 17.8 Å². The van der Waals surface area contributed by atoms with Crippen LogP contribution in [0.25, 0.3) is 0 Å². The van der Waals surface area contributed by atoms with Gasteiger partial charge in [0.1, 0.15) is 0 Å². The predicted octanol–water partition coefficient (Wildman–Crippen LogP) is 0.771. The van der Waals surface area contributed by atoms with E-state index in [4.69, 9.17) is 5.73 Å². The lowest BCUT2D eigenvalue weighted by Gasteiger charge is -2.31. The van der Waals surface area contributed by atoms with Gasteiger partial charge in [-0.05, 0) is 12.8 Å². The van der Waals surface area contributed by atoms with Gasteiger partial charge in [-0.2, -0.15) is 0 Å². The Morgan fingerprint density at radius 2 is 1.82 bits per heavy atom. The molecule has 0 radical (unpaired) electrons. The topological polar surface area (TPSA) is 72.6 Å². The van der Waals surface area contributed by atoms with Gasteiger partial charge in [-0.1, -0.05) is 20.8 Å². The second-order valence-corrected chi connectivity index (χ2v) is 4.47. The van der Waals surface area contributed by atoms with Gasteiger partial charge in [-0.3, -0.25) is 9.59 Å². The van der Waals surface area contributed by atoms with Crippen LogP contribution < -0.4 is 5.73 Å². The molecule has 0 bridgehead atoms. The molecule has 5 nitrogen and oxygen atoms in total. The highest BCUT2D eigenvalue weighted by Crippen LogP contribution is 2.15. The fraction of sp³-hybridized carbons (Fsp3) is 0.833. The van der Waals surface area contributed by atoms with E-state index in [1.165, 1.54) is 12.0 Å². The quantitative estimate of drug-likeness (QED) is 0.700. The molecule has 1 unspecified atom stereocenters. The molecule has 0 aromatic carbocycles. The predicted molar refractivity (Wildman–Crippen MR) is 66.3 cm³/mol. The van der Waals surface area contributed by atoms with Crippen LogP contribution >= 0.6 is 0 Å². The smallest absolute Gasteiger partial charge is 0.310 e. The van der Waals surface area contributed by atoms with Crippen molar-refractivity contribution in [3.8, 4) is 0 Å². The Bertz CT molecular complexity index is 275. The van der Waals surface area contributed by atoms with E-state index >= 15 is 0 Å². The molecule has 1 atom stereocenters. The molecule has 0 aliphatic heterocycles. The molecule has 0 rings (SSSR count). The van der Waals surface area contributed by atoms with Crippen molar-refractivity contribution in [3.05, 3.63) is 0 Å². The second kappa shape index (κ2) is 6.59. The van der Waals surface area contributed by atoms with E-state index in [0.29, 0.717) is 19.4 Å². The average molecular weight is 244 g/mol. The van der Waals surface area contributed by atoms with Crippen LogP contribution in [0.15, 0.2) is 0 Å². The normalized spacial score (nSPS) is 13.1. The van der Waals surface area contributed by atoms with Gasteiger partial charge >= 0.3 is 5.97 Å². The van der Waals surface area contributed by atoms with E-state index in [2.05, 4.69) is 4.74 Å². The molecule has 0 aromatic rings. The van der Waals surface area contributed by atoms with Crippen molar-refractivity contribution in [1.29, 1.82) is 0 Å². The zero-order valence-electron chi connectivity index (χ0n) is 11.4. The first-order valence-electron chi connectivity index (χ1n) is 5.94. The monoisotopic (exact) mass is 244 g/mol. The molecule has 0 aliphatic carbocycles. The van der Waals surface area contributed by atoms with E-state index in [1.54, 1.807) is 14.0 Å². The SMILES string of the molecule is CCC(N)(CC)C(=O)N(C)CC(C)C(=O)OC. The minimum atomic E-state index is -0.829. The lowest BCUT2D eigenvalue weighted by Crippen LogP contribution is -2.54. The average Bonchev–Trinajstić information content (AvgIpc) is 2.35. The van der Waals surface area contributed by atoms with Crippen LogP contribution in [0.1, 0.15) is 33.6 Å². The molecular weight excluding hydrogens is 220 g/mol. The highest BCUT2D eigenvalue weighted by molar-refractivity contribution is 5.86. The van der Waals surface area contributed by atoms with Gasteiger partial charge in [0.15, 0.2) is 0 Å². The van der Waals surface area contributed by atoms with E-state index in [0.717, 1.165) is 0 Å². The van der Waals surface area contributed by atoms with Crippen molar-refractivity contribution in [2.24, 2.45) is 11.7 Å².